The van der Waals surface area contributed by atoms with Crippen LogP contribution >= 0.6 is 0 Å². The normalized spacial score (nSPS) is 9.50. The fourth-order valence-electron chi connectivity index (χ4n) is 0.833. The fourth-order valence-corrected chi connectivity index (χ4v) is 1.23. The van der Waals surface area contributed by atoms with Gasteiger partial charge in [-0.05, 0) is 0 Å². The van der Waals surface area contributed by atoms with Gasteiger partial charge in [0, 0.05) is 0 Å². The molecule has 3 N–H and O–H groups in total. The van der Waals surface area contributed by atoms with Crippen LogP contribution < -0.4 is 11.4 Å². The Morgan fingerprint density at radius 2 is 2.00 bits per heavy atom. The van der Waals surface area contributed by atoms with Crippen molar-refractivity contribution < 1.29 is 0 Å². The van der Waals surface area contributed by atoms with Crippen LogP contribution in [-0.4, -0.2) is 32.2 Å². The molecule has 1 aromatic carbocycles. The van der Waals surface area contributed by atoms with Crippen LogP contribution in [0.4, 0.5) is 0 Å². The Morgan fingerprint density at radius 3 is 2.50 bits per heavy atom. The zero-order valence-electron chi connectivity index (χ0n) is 6.82. The molecule has 0 aromatic heterocycles. The molecule has 3 nitrogen and oxygen atoms in total. The van der Waals surface area contributed by atoms with Crippen molar-refractivity contribution in [3.05, 3.63) is 35.9 Å². The van der Waals surface area contributed by atoms with Crippen LogP contribution in [0.1, 0.15) is 5.56 Å². The molecule has 0 atom stereocenters. The molecule has 0 amide bonds. The molecule has 0 unspecified atom stereocenters. The topological polar surface area (TPSA) is 41.3 Å². The van der Waals surface area contributed by atoms with E-state index in [0.29, 0.717) is 0 Å². The standard InChI is InChI=1S/C8H11N3Se/c1-11(10-9)8(12)7-5-3-2-4-6-7/h2-6,10H,9H2,1H3. The molecule has 4 heteroatoms. The zero-order chi connectivity index (χ0) is 8.97. The van der Waals surface area contributed by atoms with Gasteiger partial charge in [0.05, 0.1) is 0 Å². The second-order valence-corrected chi connectivity index (χ2v) is 3.17. The van der Waals surface area contributed by atoms with Crippen molar-refractivity contribution in [1.82, 2.24) is 10.5 Å². The average Bonchev–Trinajstić information content (AvgIpc) is 2.17. The van der Waals surface area contributed by atoms with Gasteiger partial charge in [-0.1, -0.05) is 0 Å². The molecule has 0 aliphatic heterocycles. The number of nitrogens with zero attached hydrogens (tertiary/aromatic N) is 1. The molecule has 1 rings (SSSR count). The summed E-state index contributed by atoms with van der Waals surface area (Å²) < 4.78 is 0.970. The third kappa shape index (κ3) is 2.16. The Labute approximate surface area is 79.9 Å². The predicted octanol–water partition coefficient (Wildman–Crippen LogP) is -0.357. The molecule has 0 saturated carbocycles. The van der Waals surface area contributed by atoms with Gasteiger partial charge in [0.15, 0.2) is 0 Å². The molecule has 12 heavy (non-hydrogen) atoms. The summed E-state index contributed by atoms with van der Waals surface area (Å²) in [5.41, 5.74) is 3.64. The summed E-state index contributed by atoms with van der Waals surface area (Å²) in [4.78, 5) is 0. The van der Waals surface area contributed by atoms with E-state index in [1.54, 1.807) is 5.01 Å². The first kappa shape index (κ1) is 9.42. The quantitative estimate of drug-likeness (QED) is 0.422. The Bertz CT molecular complexity index is 260. The molecule has 64 valence electrons. The first-order valence-electron chi connectivity index (χ1n) is 3.55. The maximum atomic E-state index is 5.25. The van der Waals surface area contributed by atoms with Crippen LogP contribution in [0.3, 0.4) is 0 Å². The van der Waals surface area contributed by atoms with E-state index in [2.05, 4.69) is 21.1 Å². The summed E-state index contributed by atoms with van der Waals surface area (Å²) in [7, 11) is 1.85. The molecule has 0 saturated heterocycles. The van der Waals surface area contributed by atoms with E-state index < -0.39 is 0 Å². The Morgan fingerprint density at radius 1 is 1.42 bits per heavy atom. The SMILES string of the molecule is CN(NN)C(=[Se])c1ccccc1. The van der Waals surface area contributed by atoms with Crippen molar-refractivity contribution >= 4 is 20.1 Å². The zero-order valence-corrected chi connectivity index (χ0v) is 8.53. The number of benzene rings is 1. The molecule has 1 aromatic rings. The molecule has 0 heterocycles. The van der Waals surface area contributed by atoms with E-state index >= 15 is 0 Å². The minimum absolute atomic E-state index is 0.970. The van der Waals surface area contributed by atoms with Gasteiger partial charge in [0.25, 0.3) is 0 Å². The summed E-state index contributed by atoms with van der Waals surface area (Å²) in [5.74, 6) is 5.25. The monoisotopic (exact) mass is 229 g/mol. The number of hydrogen-bond acceptors (Lipinski definition) is 3. The van der Waals surface area contributed by atoms with Gasteiger partial charge in [-0.15, -0.1) is 0 Å². The van der Waals surface area contributed by atoms with Crippen molar-refractivity contribution in [3.8, 4) is 0 Å². The Hall–Kier alpha value is -0.671. The van der Waals surface area contributed by atoms with Crippen LogP contribution in [0.2, 0.25) is 0 Å². The average molecular weight is 228 g/mol. The molecule has 0 aliphatic rings. The van der Waals surface area contributed by atoms with Crippen molar-refractivity contribution in [1.29, 1.82) is 0 Å². The maximum absolute atomic E-state index is 5.25. The van der Waals surface area contributed by atoms with Crippen LogP contribution in [-0.2, 0) is 0 Å². The number of nitrogens with two attached hydrogens (primary N) is 1. The molecular weight excluding hydrogens is 217 g/mol. The second-order valence-electron chi connectivity index (χ2n) is 2.36. The van der Waals surface area contributed by atoms with Crippen molar-refractivity contribution in [2.45, 2.75) is 0 Å². The summed E-state index contributed by atoms with van der Waals surface area (Å²) in [6.45, 7) is 0. The number of hydrogen-bond donors (Lipinski definition) is 2. The Kier molecular flexibility index (Phi) is 3.44. The van der Waals surface area contributed by atoms with Crippen LogP contribution in [0.25, 0.3) is 0 Å². The number of hydrazine groups is 2. The fraction of sp³-hybridized carbons (Fsp3) is 0.125. The van der Waals surface area contributed by atoms with Gasteiger partial charge in [0.2, 0.25) is 0 Å². The van der Waals surface area contributed by atoms with Crippen molar-refractivity contribution in [2.75, 3.05) is 7.05 Å². The third-order valence-electron chi connectivity index (χ3n) is 1.52. The van der Waals surface area contributed by atoms with Gasteiger partial charge in [0.1, 0.15) is 0 Å². The molecule has 0 fully saturated rings. The summed E-state index contributed by atoms with van der Waals surface area (Å²) in [6.07, 6.45) is 0. The van der Waals surface area contributed by atoms with E-state index in [4.69, 9.17) is 5.84 Å². The van der Waals surface area contributed by atoms with Gasteiger partial charge in [-0.2, -0.15) is 0 Å². The molecular formula is C8H11N3Se. The number of nitrogens with one attached hydrogen (secondary N) is 1. The van der Waals surface area contributed by atoms with Crippen LogP contribution in [0, 0.1) is 0 Å². The van der Waals surface area contributed by atoms with Crippen LogP contribution in [0.5, 0.6) is 0 Å². The minimum atomic E-state index is 0.970. The molecule has 0 spiro atoms. The summed E-state index contributed by atoms with van der Waals surface area (Å²) >= 11 is 2.94. The molecule has 0 aliphatic carbocycles. The second kappa shape index (κ2) is 4.38. The van der Waals surface area contributed by atoms with Crippen LogP contribution in [0.15, 0.2) is 30.3 Å². The van der Waals surface area contributed by atoms with Gasteiger partial charge in [-0.25, -0.2) is 0 Å². The molecule has 0 bridgehead atoms. The van der Waals surface area contributed by atoms with Crippen molar-refractivity contribution in [3.63, 3.8) is 0 Å². The summed E-state index contributed by atoms with van der Waals surface area (Å²) in [6, 6.07) is 9.97. The van der Waals surface area contributed by atoms with E-state index in [1.165, 1.54) is 0 Å². The van der Waals surface area contributed by atoms with Gasteiger partial charge in [-0.3, -0.25) is 0 Å². The first-order chi connectivity index (χ1) is 5.75. The number of rotatable bonds is 3. The first-order valence-corrected chi connectivity index (χ1v) is 4.40. The summed E-state index contributed by atoms with van der Waals surface area (Å²) in [5, 5.41) is 1.72. The van der Waals surface area contributed by atoms with E-state index in [9.17, 15) is 0 Å². The van der Waals surface area contributed by atoms with E-state index in [0.717, 1.165) is 10.1 Å². The van der Waals surface area contributed by atoms with Crippen molar-refractivity contribution in [2.24, 2.45) is 5.84 Å². The molecule has 0 radical (unpaired) electrons. The van der Waals surface area contributed by atoms with E-state index in [1.807, 2.05) is 37.4 Å². The third-order valence-corrected chi connectivity index (χ3v) is 2.59. The Balaban J connectivity index is 2.79. The van der Waals surface area contributed by atoms with E-state index in [-0.39, 0.29) is 0 Å². The van der Waals surface area contributed by atoms with Gasteiger partial charge >= 0.3 is 79.4 Å². The predicted molar refractivity (Wildman–Crippen MR) is 51.4 cm³/mol. The van der Waals surface area contributed by atoms with Gasteiger partial charge < -0.3 is 0 Å².